The molecule has 2 aliphatic rings. The molecule has 1 saturated carbocycles. The van der Waals surface area contributed by atoms with Gasteiger partial charge in [-0.3, -0.25) is 14.5 Å². The summed E-state index contributed by atoms with van der Waals surface area (Å²) >= 11 is 0. The van der Waals surface area contributed by atoms with E-state index in [9.17, 15) is 27.9 Å². The molecule has 2 aromatic carbocycles. The molecule has 0 unspecified atom stereocenters. The summed E-state index contributed by atoms with van der Waals surface area (Å²) < 4.78 is 44.7. The lowest BCUT2D eigenvalue weighted by Crippen LogP contribution is -2.68. The van der Waals surface area contributed by atoms with Gasteiger partial charge in [0, 0.05) is 50.0 Å². The first kappa shape index (κ1) is 29.2. The fourth-order valence-corrected chi connectivity index (χ4v) is 6.25. The maximum atomic E-state index is 13.1. The number of carbonyl (C=O) groups excluding carboxylic acids is 2. The van der Waals surface area contributed by atoms with Crippen molar-refractivity contribution in [3.63, 3.8) is 0 Å². The Bertz CT molecular complexity index is 1330. The summed E-state index contributed by atoms with van der Waals surface area (Å²) in [5, 5.41) is 10.4. The smallest absolute Gasteiger partial charge is 0.416 e. The maximum Gasteiger partial charge on any atom is 0.416 e. The second kappa shape index (κ2) is 11.4. The third-order valence-electron chi connectivity index (χ3n) is 8.19. The summed E-state index contributed by atoms with van der Waals surface area (Å²) in [7, 11) is 1.66. The Morgan fingerprint density at radius 1 is 1.23 bits per heavy atom. The van der Waals surface area contributed by atoms with Crippen LogP contribution >= 0.6 is 0 Å². The second-order valence-electron chi connectivity index (χ2n) is 10.6. The van der Waals surface area contributed by atoms with Crippen molar-refractivity contribution in [2.75, 3.05) is 26.7 Å². The average molecular weight is 555 g/mol. The van der Waals surface area contributed by atoms with Crippen LogP contribution in [0.1, 0.15) is 49.3 Å². The summed E-state index contributed by atoms with van der Waals surface area (Å²) in [6.07, 6.45) is -0.471. The van der Waals surface area contributed by atoms with Crippen LogP contribution in [0.4, 0.5) is 13.2 Å². The number of nitrogens with zero attached hydrogens (tertiary/aromatic N) is 2. The number of amides is 1. The number of halogens is 3. The molecular weight excluding hydrogens is 521 g/mol. The number of piperidine rings is 1. The van der Waals surface area contributed by atoms with Gasteiger partial charge in [-0.1, -0.05) is 24.1 Å². The van der Waals surface area contributed by atoms with Gasteiger partial charge in [0.2, 0.25) is 0 Å². The van der Waals surface area contributed by atoms with E-state index in [0.29, 0.717) is 50.9 Å². The fraction of sp³-hybridized carbons (Fsp3) is 0.419. The monoisotopic (exact) mass is 554 g/mol. The van der Waals surface area contributed by atoms with Gasteiger partial charge in [0.25, 0.3) is 5.91 Å². The van der Waals surface area contributed by atoms with Gasteiger partial charge in [-0.05, 0) is 74.2 Å². The first-order chi connectivity index (χ1) is 18.9. The Kier molecular flexibility index (Phi) is 8.31. The Hall–Kier alpha value is -3.77. The number of likely N-dealkylation sites (tertiary alicyclic amines) is 1. The van der Waals surface area contributed by atoms with Crippen molar-refractivity contribution in [1.29, 1.82) is 0 Å². The molecule has 0 aromatic heterocycles. The van der Waals surface area contributed by atoms with Crippen LogP contribution in [0.25, 0.3) is 0 Å². The summed E-state index contributed by atoms with van der Waals surface area (Å²) in [4.78, 5) is 29.3. The van der Waals surface area contributed by atoms with Crippen molar-refractivity contribution < 1.29 is 32.6 Å². The zero-order valence-electron chi connectivity index (χ0n) is 22.6. The van der Waals surface area contributed by atoms with Crippen molar-refractivity contribution >= 4 is 11.9 Å². The van der Waals surface area contributed by atoms with Gasteiger partial charge in [-0.25, -0.2) is 0 Å². The largest absolute Gasteiger partial charge is 0.508 e. The summed E-state index contributed by atoms with van der Waals surface area (Å²) in [6.45, 7) is 7.09. The average Bonchev–Trinajstić information content (AvgIpc) is 2.90. The molecule has 6 nitrogen and oxygen atoms in total. The highest BCUT2D eigenvalue weighted by Crippen LogP contribution is 2.54. The summed E-state index contributed by atoms with van der Waals surface area (Å²) in [5.74, 6) is 4.49. The highest BCUT2D eigenvalue weighted by Gasteiger charge is 2.61. The summed E-state index contributed by atoms with van der Waals surface area (Å²) in [5.41, 5.74) is -1.18. The predicted molar refractivity (Wildman–Crippen MR) is 144 cm³/mol. The van der Waals surface area contributed by atoms with Crippen molar-refractivity contribution in [2.45, 2.75) is 55.8 Å². The van der Waals surface area contributed by atoms with Gasteiger partial charge in [-0.2, -0.15) is 13.2 Å². The second-order valence-corrected chi connectivity index (χ2v) is 10.6. The molecule has 0 bridgehead atoms. The Morgan fingerprint density at radius 2 is 1.95 bits per heavy atom. The zero-order valence-corrected chi connectivity index (χ0v) is 22.6. The van der Waals surface area contributed by atoms with Crippen molar-refractivity contribution in [3.8, 4) is 17.6 Å². The predicted octanol–water partition coefficient (Wildman–Crippen LogP) is 4.91. The van der Waals surface area contributed by atoms with Crippen molar-refractivity contribution in [1.82, 2.24) is 9.80 Å². The number of hydrogen-bond donors (Lipinski definition) is 1. The molecule has 3 atom stereocenters. The quantitative estimate of drug-likeness (QED) is 0.323. The Morgan fingerprint density at radius 3 is 2.58 bits per heavy atom. The zero-order chi connectivity index (χ0) is 29.1. The number of aromatic hydroxyl groups is 1. The number of phenolic OH excluding ortho intramolecular Hbond substituents is 1. The standard InChI is InChI=1S/C31H33F3N2O4/c1-4-17-36-18-16-29(25-6-5-7-27(38)19-25)20-26(14-15-30(29,21-36)40-22(2)37)35(3)28(39)13-10-23-8-11-24(12-9-23)31(32,33)34/h4-9,11-12,19,26,38H,1,14-18,20-21H2,2-3H3/t26-,29+,30+/m1/s1. The van der Waals surface area contributed by atoms with E-state index in [2.05, 4.69) is 23.3 Å². The summed E-state index contributed by atoms with van der Waals surface area (Å²) in [6, 6.07) is 11.1. The minimum Gasteiger partial charge on any atom is -0.508 e. The number of carbonyl (C=O) groups is 2. The van der Waals surface area contributed by atoms with E-state index in [1.807, 2.05) is 12.1 Å². The number of fused-ring (bicyclic) bond motifs is 1. The number of esters is 1. The number of phenols is 1. The molecule has 9 heteroatoms. The topological polar surface area (TPSA) is 70.1 Å². The lowest BCUT2D eigenvalue weighted by molar-refractivity contribution is -0.189. The van der Waals surface area contributed by atoms with E-state index < -0.39 is 34.6 Å². The fourth-order valence-electron chi connectivity index (χ4n) is 6.25. The molecule has 1 saturated heterocycles. The van der Waals surface area contributed by atoms with Gasteiger partial charge >= 0.3 is 12.1 Å². The molecule has 4 rings (SSSR count). The van der Waals surface area contributed by atoms with Crippen LogP contribution in [0.5, 0.6) is 5.75 Å². The van der Waals surface area contributed by atoms with Crippen molar-refractivity contribution in [3.05, 3.63) is 77.9 Å². The normalized spacial score (nSPS) is 24.7. The number of rotatable bonds is 5. The van der Waals surface area contributed by atoms with E-state index in [4.69, 9.17) is 4.74 Å². The Balaban J connectivity index is 1.64. The van der Waals surface area contributed by atoms with Gasteiger partial charge in [0.1, 0.15) is 11.4 Å². The van der Waals surface area contributed by atoms with E-state index >= 15 is 0 Å². The van der Waals surface area contributed by atoms with Gasteiger partial charge < -0.3 is 14.7 Å². The van der Waals surface area contributed by atoms with Crippen molar-refractivity contribution in [2.24, 2.45) is 0 Å². The van der Waals surface area contributed by atoms with E-state index in [-0.39, 0.29) is 11.8 Å². The molecule has 0 spiro atoms. The SMILES string of the molecule is C=CCN1CC[C@@]2(c3cccc(O)c3)C[C@H](N(C)C(=O)C#Cc3ccc(C(F)(F)F)cc3)CC[C@]2(OC(C)=O)C1. The molecular formula is C31H33F3N2O4. The highest BCUT2D eigenvalue weighted by molar-refractivity contribution is 5.94. The van der Waals surface area contributed by atoms with E-state index in [1.165, 1.54) is 19.1 Å². The number of benzene rings is 2. The lowest BCUT2D eigenvalue weighted by atomic mass is 9.55. The van der Waals surface area contributed by atoms with E-state index in [1.54, 1.807) is 30.1 Å². The van der Waals surface area contributed by atoms with Crippen LogP contribution in [0.3, 0.4) is 0 Å². The van der Waals surface area contributed by atoms with Gasteiger partial charge in [-0.15, -0.1) is 6.58 Å². The number of hydrogen-bond acceptors (Lipinski definition) is 5. The van der Waals surface area contributed by atoms with Crippen LogP contribution in [-0.4, -0.2) is 65.1 Å². The molecule has 2 aromatic rings. The van der Waals surface area contributed by atoms with Crippen LogP contribution in [-0.2, 0) is 25.9 Å². The lowest BCUT2D eigenvalue weighted by Gasteiger charge is -2.60. The first-order valence-electron chi connectivity index (χ1n) is 13.2. The molecule has 1 N–H and O–H groups in total. The van der Waals surface area contributed by atoms with E-state index in [0.717, 1.165) is 17.7 Å². The molecule has 40 heavy (non-hydrogen) atoms. The van der Waals surface area contributed by atoms with Crippen LogP contribution in [0.2, 0.25) is 0 Å². The third kappa shape index (κ3) is 5.87. The molecule has 0 radical (unpaired) electrons. The number of ether oxygens (including phenoxy) is 1. The molecule has 2 fully saturated rings. The first-order valence-corrected chi connectivity index (χ1v) is 13.2. The maximum absolute atomic E-state index is 13.1. The van der Waals surface area contributed by atoms with Crippen LogP contribution in [0.15, 0.2) is 61.2 Å². The van der Waals surface area contributed by atoms with Crippen LogP contribution in [0, 0.1) is 11.8 Å². The Labute approximate surface area is 232 Å². The molecule has 1 heterocycles. The molecule has 1 amide bonds. The third-order valence-corrected chi connectivity index (χ3v) is 8.19. The minimum atomic E-state index is -4.45. The van der Waals surface area contributed by atoms with Gasteiger partial charge in [0.15, 0.2) is 0 Å². The number of alkyl halides is 3. The molecule has 212 valence electrons. The molecule has 1 aliphatic heterocycles. The van der Waals surface area contributed by atoms with Gasteiger partial charge in [0.05, 0.1) is 5.56 Å². The molecule has 1 aliphatic carbocycles. The highest BCUT2D eigenvalue weighted by atomic mass is 19.4. The van der Waals surface area contributed by atoms with Crippen LogP contribution < -0.4 is 0 Å². The minimum absolute atomic E-state index is 0.103.